The highest BCUT2D eigenvalue weighted by molar-refractivity contribution is 5.49. The van der Waals surface area contributed by atoms with E-state index < -0.39 is 0 Å². The van der Waals surface area contributed by atoms with Crippen LogP contribution < -0.4 is 5.32 Å². The van der Waals surface area contributed by atoms with E-state index in [1.165, 1.54) is 25.7 Å². The Kier molecular flexibility index (Phi) is 10.3. The van der Waals surface area contributed by atoms with Gasteiger partial charge < -0.3 is 10.4 Å². The smallest absolute Gasteiger partial charge is 0.0620 e. The second kappa shape index (κ2) is 12.2. The first-order chi connectivity index (χ1) is 10.8. The standard InChI is InChI=1S/C20H31NO/c1-3-5-6-10-14-19(11-4-2)21-20(17-22)16-15-18-12-8-7-9-13-18/h4,7-9,12-13,15-16,19-22H,2-3,5-6,10-11,14,17H2,1H3/t19-,20+/m0/s1. The normalized spacial score (nSPS) is 14.1. The van der Waals surface area contributed by atoms with E-state index in [4.69, 9.17) is 0 Å². The molecule has 122 valence electrons. The molecule has 1 aromatic carbocycles. The van der Waals surface area contributed by atoms with Gasteiger partial charge in [-0.05, 0) is 18.4 Å². The fourth-order valence-electron chi connectivity index (χ4n) is 2.55. The van der Waals surface area contributed by atoms with Crippen LogP contribution in [0.5, 0.6) is 0 Å². The molecule has 1 rings (SSSR count). The Hall–Kier alpha value is -1.38. The summed E-state index contributed by atoms with van der Waals surface area (Å²) in [5, 5.41) is 13.1. The van der Waals surface area contributed by atoms with Crippen molar-refractivity contribution in [2.75, 3.05) is 6.61 Å². The maximum Gasteiger partial charge on any atom is 0.0620 e. The quantitative estimate of drug-likeness (QED) is 0.438. The highest BCUT2D eigenvalue weighted by Crippen LogP contribution is 2.10. The number of hydrogen-bond acceptors (Lipinski definition) is 2. The summed E-state index contributed by atoms with van der Waals surface area (Å²) >= 11 is 0. The molecule has 0 unspecified atom stereocenters. The van der Waals surface area contributed by atoms with E-state index in [-0.39, 0.29) is 12.6 Å². The van der Waals surface area contributed by atoms with Crippen LogP contribution in [0.1, 0.15) is 51.0 Å². The predicted molar refractivity (Wildman–Crippen MR) is 96.8 cm³/mol. The molecule has 0 amide bonds. The van der Waals surface area contributed by atoms with Gasteiger partial charge in [-0.2, -0.15) is 0 Å². The van der Waals surface area contributed by atoms with Crippen LogP contribution in [0, 0.1) is 0 Å². The fourth-order valence-corrected chi connectivity index (χ4v) is 2.55. The second-order valence-electron chi connectivity index (χ2n) is 5.80. The van der Waals surface area contributed by atoms with Crippen LogP contribution >= 0.6 is 0 Å². The summed E-state index contributed by atoms with van der Waals surface area (Å²) in [4.78, 5) is 0. The molecule has 0 bridgehead atoms. The van der Waals surface area contributed by atoms with Crippen molar-refractivity contribution in [3.8, 4) is 0 Å². The largest absolute Gasteiger partial charge is 0.394 e. The molecule has 0 aromatic heterocycles. The monoisotopic (exact) mass is 301 g/mol. The van der Waals surface area contributed by atoms with Gasteiger partial charge in [-0.15, -0.1) is 6.58 Å². The molecule has 0 aliphatic heterocycles. The second-order valence-corrected chi connectivity index (χ2v) is 5.80. The number of unbranched alkanes of at least 4 members (excludes halogenated alkanes) is 3. The van der Waals surface area contributed by atoms with E-state index in [0.29, 0.717) is 6.04 Å². The molecule has 2 atom stereocenters. The predicted octanol–water partition coefficient (Wildman–Crippen LogP) is 4.57. The number of benzene rings is 1. The van der Waals surface area contributed by atoms with Crippen LogP contribution in [0.3, 0.4) is 0 Å². The fraction of sp³-hybridized carbons (Fsp3) is 0.500. The van der Waals surface area contributed by atoms with E-state index >= 15 is 0 Å². The Bertz CT molecular complexity index is 413. The van der Waals surface area contributed by atoms with E-state index in [1.54, 1.807) is 0 Å². The third kappa shape index (κ3) is 8.16. The van der Waals surface area contributed by atoms with Crippen molar-refractivity contribution in [1.29, 1.82) is 0 Å². The average molecular weight is 301 g/mol. The average Bonchev–Trinajstić information content (AvgIpc) is 2.56. The summed E-state index contributed by atoms with van der Waals surface area (Å²) in [5.41, 5.74) is 1.16. The zero-order chi connectivity index (χ0) is 16.0. The van der Waals surface area contributed by atoms with Gasteiger partial charge in [0.15, 0.2) is 0 Å². The number of rotatable bonds is 12. The van der Waals surface area contributed by atoms with E-state index in [0.717, 1.165) is 18.4 Å². The van der Waals surface area contributed by atoms with Crippen molar-refractivity contribution < 1.29 is 5.11 Å². The highest BCUT2D eigenvalue weighted by atomic mass is 16.3. The Balaban J connectivity index is 2.48. The lowest BCUT2D eigenvalue weighted by Gasteiger charge is -2.22. The summed E-state index contributed by atoms with van der Waals surface area (Å²) in [5.74, 6) is 0. The van der Waals surface area contributed by atoms with Crippen molar-refractivity contribution >= 4 is 6.08 Å². The molecular weight excluding hydrogens is 270 g/mol. The SMILES string of the molecule is C=CC[C@@H](CCCCCC)N[C@H](C=Cc1ccccc1)CO. The minimum Gasteiger partial charge on any atom is -0.394 e. The van der Waals surface area contributed by atoms with Crippen molar-refractivity contribution in [3.05, 3.63) is 54.6 Å². The maximum atomic E-state index is 9.59. The summed E-state index contributed by atoms with van der Waals surface area (Å²) in [6.07, 6.45) is 13.3. The lowest BCUT2D eigenvalue weighted by atomic mass is 10.0. The van der Waals surface area contributed by atoms with Gasteiger partial charge in [0.1, 0.15) is 0 Å². The summed E-state index contributed by atoms with van der Waals surface area (Å²) in [7, 11) is 0. The number of aliphatic hydroxyl groups is 1. The first-order valence-electron chi connectivity index (χ1n) is 8.51. The Labute approximate surface area is 136 Å². The number of aliphatic hydroxyl groups excluding tert-OH is 1. The topological polar surface area (TPSA) is 32.3 Å². The minimum absolute atomic E-state index is 0.00340. The molecule has 0 fully saturated rings. The number of hydrogen-bond donors (Lipinski definition) is 2. The van der Waals surface area contributed by atoms with Crippen molar-refractivity contribution in [1.82, 2.24) is 5.32 Å². The van der Waals surface area contributed by atoms with E-state index in [1.807, 2.05) is 24.3 Å². The van der Waals surface area contributed by atoms with Gasteiger partial charge in [-0.3, -0.25) is 0 Å². The Morgan fingerprint density at radius 1 is 1.18 bits per heavy atom. The van der Waals surface area contributed by atoms with Crippen LogP contribution in [0.25, 0.3) is 6.08 Å². The van der Waals surface area contributed by atoms with Crippen molar-refractivity contribution in [2.45, 2.75) is 57.5 Å². The molecule has 22 heavy (non-hydrogen) atoms. The van der Waals surface area contributed by atoms with E-state index in [2.05, 4.69) is 43.1 Å². The molecule has 2 N–H and O–H groups in total. The molecule has 0 radical (unpaired) electrons. The van der Waals surface area contributed by atoms with Gasteiger partial charge in [0, 0.05) is 12.1 Å². The van der Waals surface area contributed by atoms with E-state index in [9.17, 15) is 5.11 Å². The molecule has 0 saturated carbocycles. The molecule has 0 heterocycles. The van der Waals surface area contributed by atoms with Crippen molar-refractivity contribution in [2.24, 2.45) is 0 Å². The lowest BCUT2D eigenvalue weighted by molar-refractivity contribution is 0.251. The van der Waals surface area contributed by atoms with Gasteiger partial charge in [0.2, 0.25) is 0 Å². The van der Waals surface area contributed by atoms with Gasteiger partial charge in [0.25, 0.3) is 0 Å². The van der Waals surface area contributed by atoms with Crippen LogP contribution in [0.15, 0.2) is 49.1 Å². The van der Waals surface area contributed by atoms with Crippen molar-refractivity contribution in [3.63, 3.8) is 0 Å². The molecule has 2 heteroatoms. The van der Waals surface area contributed by atoms with Gasteiger partial charge in [-0.25, -0.2) is 0 Å². The maximum absolute atomic E-state index is 9.59. The minimum atomic E-state index is -0.00340. The van der Waals surface area contributed by atoms with Crippen LogP contribution in [-0.2, 0) is 0 Å². The molecule has 2 nitrogen and oxygen atoms in total. The first kappa shape index (κ1) is 18.7. The zero-order valence-electron chi connectivity index (χ0n) is 13.9. The van der Waals surface area contributed by atoms with Crippen LogP contribution in [0.2, 0.25) is 0 Å². The summed E-state index contributed by atoms with van der Waals surface area (Å²) in [6, 6.07) is 10.6. The molecular formula is C20H31NO. The molecule has 0 saturated heterocycles. The Morgan fingerprint density at radius 2 is 1.95 bits per heavy atom. The molecule has 0 aliphatic carbocycles. The first-order valence-corrected chi connectivity index (χ1v) is 8.51. The zero-order valence-corrected chi connectivity index (χ0v) is 13.9. The van der Waals surface area contributed by atoms with Gasteiger partial charge in [-0.1, -0.05) is 81.2 Å². The summed E-state index contributed by atoms with van der Waals surface area (Å²) < 4.78 is 0. The third-order valence-corrected chi connectivity index (χ3v) is 3.82. The lowest BCUT2D eigenvalue weighted by Crippen LogP contribution is -2.39. The van der Waals surface area contributed by atoms with Crippen LogP contribution in [0.4, 0.5) is 0 Å². The van der Waals surface area contributed by atoms with Gasteiger partial charge >= 0.3 is 0 Å². The number of nitrogens with one attached hydrogen (secondary N) is 1. The summed E-state index contributed by atoms with van der Waals surface area (Å²) in [6.45, 7) is 6.20. The van der Waals surface area contributed by atoms with Crippen LogP contribution in [-0.4, -0.2) is 23.8 Å². The third-order valence-electron chi connectivity index (χ3n) is 3.82. The molecule has 1 aromatic rings. The van der Waals surface area contributed by atoms with Gasteiger partial charge in [0.05, 0.1) is 6.61 Å². The molecule has 0 aliphatic rings. The Morgan fingerprint density at radius 3 is 2.59 bits per heavy atom. The molecule has 0 spiro atoms. The highest BCUT2D eigenvalue weighted by Gasteiger charge is 2.11.